The van der Waals surface area contributed by atoms with Crippen LogP contribution in [0.3, 0.4) is 0 Å². The molecule has 0 bridgehead atoms. The Morgan fingerprint density at radius 2 is 2.12 bits per heavy atom. The molecule has 1 atom stereocenters. The van der Waals surface area contributed by atoms with E-state index in [0.29, 0.717) is 12.8 Å². The monoisotopic (exact) mass is 117 g/mol. The first-order chi connectivity index (χ1) is 3.65. The quantitative estimate of drug-likeness (QED) is 0.549. The molecule has 0 aromatic carbocycles. The van der Waals surface area contributed by atoms with Crippen molar-refractivity contribution in [3.8, 4) is 0 Å². The van der Waals surface area contributed by atoms with Crippen molar-refractivity contribution >= 4 is 0 Å². The first-order valence-corrected chi connectivity index (χ1v) is 3.10. The van der Waals surface area contributed by atoms with Crippen LogP contribution in [0.5, 0.6) is 0 Å². The van der Waals surface area contributed by atoms with Gasteiger partial charge in [-0.3, -0.25) is 0 Å². The summed E-state index contributed by atoms with van der Waals surface area (Å²) in [6, 6.07) is -0.267. The second-order valence-corrected chi connectivity index (χ2v) is 2.68. The minimum atomic E-state index is -1.00. The van der Waals surface area contributed by atoms with Gasteiger partial charge in [0.1, 0.15) is 5.67 Å². The first-order valence-electron chi connectivity index (χ1n) is 3.10. The number of alkyl halides is 1. The minimum absolute atomic E-state index is 0.267. The van der Waals surface area contributed by atoms with Crippen molar-refractivity contribution in [2.45, 2.75) is 37.9 Å². The van der Waals surface area contributed by atoms with Crippen LogP contribution in [0.2, 0.25) is 0 Å². The third kappa shape index (κ3) is 0.730. The van der Waals surface area contributed by atoms with Crippen molar-refractivity contribution in [1.82, 2.24) is 0 Å². The summed E-state index contributed by atoms with van der Waals surface area (Å²) in [6.07, 6.45) is 2.35. The van der Waals surface area contributed by atoms with E-state index in [9.17, 15) is 4.39 Å². The number of halogens is 1. The van der Waals surface area contributed by atoms with Crippen molar-refractivity contribution < 1.29 is 4.39 Å². The van der Waals surface area contributed by atoms with E-state index in [2.05, 4.69) is 0 Å². The van der Waals surface area contributed by atoms with Crippen LogP contribution in [-0.4, -0.2) is 11.7 Å². The highest BCUT2D eigenvalue weighted by Gasteiger charge is 2.40. The molecule has 1 unspecified atom stereocenters. The average molecular weight is 117 g/mol. The molecule has 2 N–H and O–H groups in total. The van der Waals surface area contributed by atoms with Gasteiger partial charge in [-0.05, 0) is 26.2 Å². The number of hydrogen-bond donors (Lipinski definition) is 1. The molecular weight excluding hydrogens is 105 g/mol. The van der Waals surface area contributed by atoms with E-state index in [-0.39, 0.29) is 6.04 Å². The molecular formula is C6H12FN. The van der Waals surface area contributed by atoms with Crippen LogP contribution in [0.4, 0.5) is 4.39 Å². The molecule has 1 aliphatic rings. The molecule has 48 valence electrons. The van der Waals surface area contributed by atoms with Crippen LogP contribution in [0, 0.1) is 0 Å². The van der Waals surface area contributed by atoms with Gasteiger partial charge in [0.2, 0.25) is 0 Å². The Kier molecular flexibility index (Phi) is 1.27. The van der Waals surface area contributed by atoms with Gasteiger partial charge in [-0.1, -0.05) is 0 Å². The topological polar surface area (TPSA) is 26.0 Å². The molecule has 0 aromatic rings. The zero-order valence-electron chi connectivity index (χ0n) is 5.15. The normalized spacial score (nSPS) is 28.9. The molecule has 0 aromatic heterocycles. The lowest BCUT2D eigenvalue weighted by Crippen LogP contribution is -2.47. The first kappa shape index (κ1) is 6.02. The van der Waals surface area contributed by atoms with Gasteiger partial charge in [0.05, 0.1) is 0 Å². The van der Waals surface area contributed by atoms with Crippen LogP contribution in [0.15, 0.2) is 0 Å². The highest BCUT2D eigenvalue weighted by atomic mass is 19.1. The van der Waals surface area contributed by atoms with Gasteiger partial charge < -0.3 is 5.73 Å². The Labute approximate surface area is 49.1 Å². The second-order valence-electron chi connectivity index (χ2n) is 2.68. The van der Waals surface area contributed by atoms with Crippen LogP contribution in [0.1, 0.15) is 26.2 Å². The van der Waals surface area contributed by atoms with E-state index in [4.69, 9.17) is 5.73 Å². The maximum absolute atomic E-state index is 12.9. The second kappa shape index (κ2) is 1.69. The summed E-state index contributed by atoms with van der Waals surface area (Å²) in [6.45, 7) is 1.74. The molecule has 0 aliphatic heterocycles. The smallest absolute Gasteiger partial charge is 0.125 e. The largest absolute Gasteiger partial charge is 0.325 e. The van der Waals surface area contributed by atoms with E-state index in [1.807, 2.05) is 0 Å². The third-order valence-corrected chi connectivity index (χ3v) is 2.00. The van der Waals surface area contributed by atoms with Gasteiger partial charge in [-0.2, -0.15) is 0 Å². The van der Waals surface area contributed by atoms with Gasteiger partial charge in [-0.15, -0.1) is 0 Å². The molecule has 1 rings (SSSR count). The fraction of sp³-hybridized carbons (Fsp3) is 1.00. The lowest BCUT2D eigenvalue weighted by molar-refractivity contribution is 0.0408. The van der Waals surface area contributed by atoms with E-state index in [0.717, 1.165) is 6.42 Å². The lowest BCUT2D eigenvalue weighted by atomic mass is 9.77. The van der Waals surface area contributed by atoms with Gasteiger partial charge in [0.15, 0.2) is 0 Å². The predicted molar refractivity (Wildman–Crippen MR) is 31.3 cm³/mol. The summed E-state index contributed by atoms with van der Waals surface area (Å²) >= 11 is 0. The van der Waals surface area contributed by atoms with Crippen molar-refractivity contribution in [3.05, 3.63) is 0 Å². The highest BCUT2D eigenvalue weighted by Crippen LogP contribution is 2.37. The van der Waals surface area contributed by atoms with Crippen molar-refractivity contribution in [2.24, 2.45) is 5.73 Å². The fourth-order valence-electron chi connectivity index (χ4n) is 0.970. The lowest BCUT2D eigenvalue weighted by Gasteiger charge is -2.36. The van der Waals surface area contributed by atoms with Gasteiger partial charge in [-0.25, -0.2) is 4.39 Å². The zero-order chi connectivity index (χ0) is 6.20. The number of hydrogen-bond acceptors (Lipinski definition) is 1. The average Bonchev–Trinajstić information content (AvgIpc) is 1.60. The molecule has 0 saturated heterocycles. The fourth-order valence-corrected chi connectivity index (χ4v) is 0.970. The SMILES string of the molecule is CC(N)C1(F)CCC1. The van der Waals surface area contributed by atoms with Crippen LogP contribution in [-0.2, 0) is 0 Å². The van der Waals surface area contributed by atoms with E-state index in [1.165, 1.54) is 0 Å². The van der Waals surface area contributed by atoms with E-state index >= 15 is 0 Å². The predicted octanol–water partition coefficient (Wildman–Crippen LogP) is 1.23. The minimum Gasteiger partial charge on any atom is -0.325 e. The molecule has 1 fully saturated rings. The van der Waals surface area contributed by atoms with Crippen molar-refractivity contribution in [2.75, 3.05) is 0 Å². The Hall–Kier alpha value is -0.110. The highest BCUT2D eigenvalue weighted by molar-refractivity contribution is 4.94. The molecule has 1 nitrogen and oxygen atoms in total. The third-order valence-electron chi connectivity index (χ3n) is 2.00. The van der Waals surface area contributed by atoms with E-state index in [1.54, 1.807) is 6.92 Å². The van der Waals surface area contributed by atoms with Crippen LogP contribution < -0.4 is 5.73 Å². The number of rotatable bonds is 1. The van der Waals surface area contributed by atoms with E-state index < -0.39 is 5.67 Å². The molecule has 8 heavy (non-hydrogen) atoms. The molecule has 1 aliphatic carbocycles. The summed E-state index contributed by atoms with van der Waals surface area (Å²) in [4.78, 5) is 0. The summed E-state index contributed by atoms with van der Waals surface area (Å²) in [5.41, 5.74) is 4.36. The Bertz CT molecular complexity index is 86.5. The Morgan fingerprint density at radius 3 is 2.12 bits per heavy atom. The Morgan fingerprint density at radius 1 is 1.62 bits per heavy atom. The summed E-state index contributed by atoms with van der Waals surface area (Å²) in [5, 5.41) is 0. The summed E-state index contributed by atoms with van der Waals surface area (Å²) < 4.78 is 12.9. The molecule has 1 saturated carbocycles. The standard InChI is InChI=1S/C6H12FN/c1-5(8)6(7)3-2-4-6/h5H,2-4,8H2,1H3. The summed E-state index contributed by atoms with van der Waals surface area (Å²) in [7, 11) is 0. The number of nitrogens with two attached hydrogens (primary N) is 1. The van der Waals surface area contributed by atoms with Gasteiger partial charge >= 0.3 is 0 Å². The maximum Gasteiger partial charge on any atom is 0.125 e. The molecule has 0 amide bonds. The van der Waals surface area contributed by atoms with Crippen molar-refractivity contribution in [3.63, 3.8) is 0 Å². The Balaban J connectivity index is 2.41. The van der Waals surface area contributed by atoms with Crippen LogP contribution in [0.25, 0.3) is 0 Å². The molecule has 0 radical (unpaired) electrons. The van der Waals surface area contributed by atoms with Crippen LogP contribution >= 0.6 is 0 Å². The molecule has 0 spiro atoms. The summed E-state index contributed by atoms with van der Waals surface area (Å²) in [5.74, 6) is 0. The maximum atomic E-state index is 12.9. The van der Waals surface area contributed by atoms with Crippen molar-refractivity contribution in [1.29, 1.82) is 0 Å². The molecule has 0 heterocycles. The van der Waals surface area contributed by atoms with Gasteiger partial charge in [0, 0.05) is 6.04 Å². The molecule has 2 heteroatoms. The van der Waals surface area contributed by atoms with Gasteiger partial charge in [0.25, 0.3) is 0 Å². The zero-order valence-corrected chi connectivity index (χ0v) is 5.15.